The van der Waals surface area contributed by atoms with Gasteiger partial charge in [0.05, 0.1) is 6.54 Å². The molecule has 0 saturated carbocycles. The summed E-state index contributed by atoms with van der Waals surface area (Å²) in [6.45, 7) is 5.69. The number of benzene rings is 1. The molecular formula is C24H41ClN2S. The summed E-state index contributed by atoms with van der Waals surface area (Å²) in [5.41, 5.74) is 2.76. The van der Waals surface area contributed by atoms with E-state index in [1.54, 1.807) is 0 Å². The number of hydrogen-bond acceptors (Lipinski definition) is 1. The molecule has 2 aromatic rings. The van der Waals surface area contributed by atoms with Crippen LogP contribution in [0.25, 0.3) is 11.0 Å². The quantitative estimate of drug-likeness (QED) is 0.287. The Morgan fingerprint density at radius 2 is 1.39 bits per heavy atom. The summed E-state index contributed by atoms with van der Waals surface area (Å²) in [7, 11) is 0. The van der Waals surface area contributed by atoms with Crippen molar-refractivity contribution in [3.63, 3.8) is 0 Å². The van der Waals surface area contributed by atoms with Crippen molar-refractivity contribution in [2.24, 2.45) is 0 Å². The monoisotopic (exact) mass is 424 g/mol. The van der Waals surface area contributed by atoms with E-state index in [-0.39, 0.29) is 12.4 Å². The summed E-state index contributed by atoms with van der Waals surface area (Å²) in [4.78, 5) is 0. The summed E-state index contributed by atoms with van der Waals surface area (Å²) in [5, 5.41) is 0. The van der Waals surface area contributed by atoms with Crippen LogP contribution in [-0.2, 0) is 12.4 Å². The Balaban J connectivity index is 0.00000392. The van der Waals surface area contributed by atoms with Gasteiger partial charge in [0.1, 0.15) is 5.88 Å². The van der Waals surface area contributed by atoms with E-state index in [1.807, 2.05) is 0 Å². The van der Waals surface area contributed by atoms with Crippen molar-refractivity contribution < 1.29 is 17.0 Å². The normalized spacial score (nSPS) is 11.1. The molecule has 2 nitrogen and oxygen atoms in total. The molecule has 160 valence electrons. The summed E-state index contributed by atoms with van der Waals surface area (Å²) >= 11 is 2.09. The van der Waals surface area contributed by atoms with E-state index in [0.29, 0.717) is 0 Å². The Labute approximate surface area is 183 Å². The molecule has 0 saturated heterocycles. The number of aryl methyl sites for hydroxylation is 1. The average molecular weight is 425 g/mol. The van der Waals surface area contributed by atoms with E-state index in [4.69, 9.17) is 0 Å². The highest BCUT2D eigenvalue weighted by Gasteiger charge is 2.14. The van der Waals surface area contributed by atoms with Gasteiger partial charge in [-0.2, -0.15) is 0 Å². The van der Waals surface area contributed by atoms with Crippen LogP contribution < -0.4 is 17.0 Å². The number of nitrogens with zero attached hydrogens (tertiary/aromatic N) is 2. The molecular weight excluding hydrogens is 384 g/mol. The molecule has 2 rings (SSSR count). The molecule has 0 spiro atoms. The van der Waals surface area contributed by atoms with Gasteiger partial charge in [0.15, 0.2) is 11.0 Å². The SMILES string of the molecule is CCCCCCCCCCCCSC[n+]1cn(CCCC)c2ccccc21.[Cl-]. The van der Waals surface area contributed by atoms with Gasteiger partial charge >= 0.3 is 0 Å². The standard InChI is InChI=1S/C24H41N2S.ClH/c1-3-5-7-8-9-10-11-12-13-16-20-27-22-26-21-25(19-6-4-2)23-17-14-15-18-24(23)26;/h14-15,17-18,21H,3-13,16,19-20,22H2,1-2H3;1H/q+1;/p-1. The van der Waals surface area contributed by atoms with E-state index in [9.17, 15) is 0 Å². The van der Waals surface area contributed by atoms with Crippen molar-refractivity contribution in [2.75, 3.05) is 5.75 Å². The number of fused-ring (bicyclic) bond motifs is 1. The predicted molar refractivity (Wildman–Crippen MR) is 121 cm³/mol. The maximum Gasteiger partial charge on any atom is 0.245 e. The van der Waals surface area contributed by atoms with E-state index in [0.717, 1.165) is 12.4 Å². The van der Waals surface area contributed by atoms with Gasteiger partial charge < -0.3 is 12.4 Å². The molecule has 0 aliphatic rings. The summed E-state index contributed by atoms with van der Waals surface area (Å²) in [5.74, 6) is 2.37. The predicted octanol–water partition coefficient (Wildman–Crippen LogP) is 4.34. The van der Waals surface area contributed by atoms with Gasteiger partial charge in [0, 0.05) is 0 Å². The second-order valence-electron chi connectivity index (χ2n) is 7.84. The van der Waals surface area contributed by atoms with Crippen molar-refractivity contribution in [3.05, 3.63) is 30.6 Å². The smallest absolute Gasteiger partial charge is 0.245 e. The number of imidazole rings is 1. The minimum Gasteiger partial charge on any atom is -1.00 e. The molecule has 4 heteroatoms. The maximum atomic E-state index is 2.44. The fourth-order valence-electron chi connectivity index (χ4n) is 3.71. The van der Waals surface area contributed by atoms with Crippen molar-refractivity contribution in [1.29, 1.82) is 0 Å². The summed E-state index contributed by atoms with van der Waals surface area (Å²) in [6, 6.07) is 8.84. The maximum absolute atomic E-state index is 2.44. The Morgan fingerprint density at radius 1 is 0.786 bits per heavy atom. The molecule has 0 fully saturated rings. The molecule has 28 heavy (non-hydrogen) atoms. The molecule has 0 radical (unpaired) electrons. The zero-order valence-corrected chi connectivity index (χ0v) is 19.7. The van der Waals surface area contributed by atoms with Gasteiger partial charge in [-0.15, -0.1) is 11.8 Å². The van der Waals surface area contributed by atoms with E-state index in [2.05, 4.69) is 65.3 Å². The van der Waals surface area contributed by atoms with Crippen LogP contribution in [0.3, 0.4) is 0 Å². The lowest BCUT2D eigenvalue weighted by molar-refractivity contribution is -0.650. The van der Waals surface area contributed by atoms with Crippen molar-refractivity contribution >= 4 is 22.8 Å². The van der Waals surface area contributed by atoms with Gasteiger partial charge in [-0.3, -0.25) is 0 Å². The lowest BCUT2D eigenvalue weighted by atomic mass is 10.1. The number of unbranched alkanes of at least 4 members (excludes halogenated alkanes) is 10. The molecule has 0 unspecified atom stereocenters. The zero-order chi connectivity index (χ0) is 19.2. The Kier molecular flexibility index (Phi) is 14.6. The Bertz CT molecular complexity index is 626. The third-order valence-corrected chi connectivity index (χ3v) is 6.44. The van der Waals surface area contributed by atoms with Crippen LogP contribution in [0.5, 0.6) is 0 Å². The van der Waals surface area contributed by atoms with Crippen molar-refractivity contribution in [3.8, 4) is 0 Å². The Hall–Kier alpha value is -0.670. The fourth-order valence-corrected chi connectivity index (χ4v) is 4.65. The second kappa shape index (κ2) is 16.2. The van der Waals surface area contributed by atoms with Gasteiger partial charge in [-0.25, -0.2) is 9.13 Å². The molecule has 1 heterocycles. The molecule has 0 N–H and O–H groups in total. The van der Waals surface area contributed by atoms with E-state index < -0.39 is 0 Å². The number of halogens is 1. The van der Waals surface area contributed by atoms with Crippen LogP contribution in [0, 0.1) is 0 Å². The third kappa shape index (κ3) is 9.22. The average Bonchev–Trinajstić information content (AvgIpc) is 3.05. The molecule has 0 bridgehead atoms. The van der Waals surface area contributed by atoms with Crippen LogP contribution in [0.1, 0.15) is 90.9 Å². The van der Waals surface area contributed by atoms with E-state index in [1.165, 1.54) is 93.8 Å². The summed E-state index contributed by atoms with van der Waals surface area (Å²) in [6.07, 6.45) is 19.1. The molecule has 0 amide bonds. The largest absolute Gasteiger partial charge is 1.00 e. The second-order valence-corrected chi connectivity index (χ2v) is 8.91. The highest BCUT2D eigenvalue weighted by Crippen LogP contribution is 2.15. The molecule has 1 aromatic carbocycles. The van der Waals surface area contributed by atoms with Crippen LogP contribution in [0.2, 0.25) is 0 Å². The first-order chi connectivity index (χ1) is 13.4. The number of rotatable bonds is 16. The minimum absolute atomic E-state index is 0. The molecule has 1 aromatic heterocycles. The number of aromatic nitrogens is 2. The number of para-hydroxylation sites is 2. The van der Waals surface area contributed by atoms with Gasteiger partial charge in [0.2, 0.25) is 6.33 Å². The zero-order valence-electron chi connectivity index (χ0n) is 18.2. The third-order valence-electron chi connectivity index (χ3n) is 5.40. The van der Waals surface area contributed by atoms with Gasteiger partial charge in [-0.1, -0.05) is 90.2 Å². The first-order valence-corrected chi connectivity index (χ1v) is 12.6. The first kappa shape index (κ1) is 25.4. The van der Waals surface area contributed by atoms with Crippen LogP contribution in [0.4, 0.5) is 0 Å². The van der Waals surface area contributed by atoms with E-state index >= 15 is 0 Å². The van der Waals surface area contributed by atoms with Crippen LogP contribution in [0.15, 0.2) is 30.6 Å². The number of hydrogen-bond donors (Lipinski definition) is 0. The topological polar surface area (TPSA) is 8.81 Å². The highest BCUT2D eigenvalue weighted by molar-refractivity contribution is 7.98. The molecule has 0 aliphatic heterocycles. The lowest BCUT2D eigenvalue weighted by Gasteiger charge is -2.02. The summed E-state index contributed by atoms with van der Waals surface area (Å²) < 4.78 is 4.87. The van der Waals surface area contributed by atoms with Gasteiger partial charge in [0.25, 0.3) is 0 Å². The Morgan fingerprint density at radius 3 is 2.07 bits per heavy atom. The fraction of sp³-hybridized carbons (Fsp3) is 0.708. The first-order valence-electron chi connectivity index (χ1n) is 11.4. The van der Waals surface area contributed by atoms with Crippen molar-refractivity contribution in [1.82, 2.24) is 4.57 Å². The molecule has 0 aliphatic carbocycles. The lowest BCUT2D eigenvalue weighted by Crippen LogP contribution is -3.00. The van der Waals surface area contributed by atoms with Gasteiger partial charge in [-0.05, 0) is 30.7 Å². The minimum atomic E-state index is 0. The van der Waals surface area contributed by atoms with Crippen LogP contribution in [-0.4, -0.2) is 10.3 Å². The number of thioether (sulfide) groups is 1. The van der Waals surface area contributed by atoms with Crippen LogP contribution >= 0.6 is 11.8 Å². The van der Waals surface area contributed by atoms with Crippen molar-refractivity contribution in [2.45, 2.75) is 103 Å². The molecule has 0 atom stereocenters. The highest BCUT2D eigenvalue weighted by atomic mass is 35.5.